The second-order valence-corrected chi connectivity index (χ2v) is 14.3. The third-order valence-corrected chi connectivity index (χ3v) is 11.1. The topological polar surface area (TPSA) is 38.7 Å². The molecule has 0 N–H and O–H groups in total. The van der Waals surface area contributed by atoms with Gasteiger partial charge in [-0.3, -0.25) is 0 Å². The Morgan fingerprint density at radius 1 is 0.283 bits per heavy atom. The monoisotopic (exact) mass is 693 g/mol. The summed E-state index contributed by atoms with van der Waals surface area (Å²) in [5.41, 5.74) is 9.56. The number of hydrogen-bond donors (Lipinski definition) is 0. The molecule has 0 fully saturated rings. The van der Waals surface area contributed by atoms with Crippen LogP contribution in [0.1, 0.15) is 0 Å². The van der Waals surface area contributed by atoms with E-state index in [2.05, 4.69) is 164 Å². The molecule has 0 saturated carbocycles. The summed E-state index contributed by atoms with van der Waals surface area (Å²) >= 11 is 1.84. The van der Waals surface area contributed by atoms with Gasteiger partial charge >= 0.3 is 0 Å². The third kappa shape index (κ3) is 5.76. The lowest BCUT2D eigenvalue weighted by Crippen LogP contribution is -2.01. The first-order chi connectivity index (χ1) is 26.2. The van der Waals surface area contributed by atoms with Crippen molar-refractivity contribution >= 4 is 42.3 Å². The number of nitrogens with zero attached hydrogens (tertiary/aromatic N) is 3. The summed E-state index contributed by atoms with van der Waals surface area (Å²) < 4.78 is 2.57. The Kier molecular flexibility index (Phi) is 7.67. The molecule has 8 aromatic carbocycles. The predicted molar refractivity (Wildman–Crippen MR) is 223 cm³/mol. The smallest absolute Gasteiger partial charge is 0.164 e. The molecule has 0 aliphatic rings. The van der Waals surface area contributed by atoms with Gasteiger partial charge in [-0.25, -0.2) is 15.0 Å². The van der Waals surface area contributed by atoms with Crippen LogP contribution in [0.15, 0.2) is 188 Å². The van der Waals surface area contributed by atoms with Gasteiger partial charge in [-0.2, -0.15) is 0 Å². The number of thiophene rings is 1. The molecule has 3 nitrogen and oxygen atoms in total. The zero-order valence-electron chi connectivity index (χ0n) is 28.6. The molecule has 53 heavy (non-hydrogen) atoms. The molecule has 0 aliphatic heterocycles. The highest BCUT2D eigenvalue weighted by Gasteiger charge is 2.18. The first-order valence-corrected chi connectivity index (χ1v) is 18.6. The first kappa shape index (κ1) is 31.0. The van der Waals surface area contributed by atoms with Crippen LogP contribution in [0, 0.1) is 0 Å². The average molecular weight is 694 g/mol. The molecule has 2 heterocycles. The molecule has 0 saturated heterocycles. The molecule has 0 radical (unpaired) electrons. The summed E-state index contributed by atoms with van der Waals surface area (Å²) in [6.45, 7) is 0. The minimum Gasteiger partial charge on any atom is -0.208 e. The zero-order chi connectivity index (χ0) is 35.1. The van der Waals surface area contributed by atoms with Gasteiger partial charge in [0, 0.05) is 36.9 Å². The lowest BCUT2D eigenvalue weighted by atomic mass is 9.92. The van der Waals surface area contributed by atoms with Gasteiger partial charge in [0.05, 0.1) is 0 Å². The minimum atomic E-state index is 0.628. The maximum atomic E-state index is 5.28. The third-order valence-electron chi connectivity index (χ3n) is 9.92. The molecular formula is C49H31N3S. The number of fused-ring (bicyclic) bond motifs is 4. The van der Waals surface area contributed by atoms with Gasteiger partial charge in [-0.05, 0) is 74.5 Å². The van der Waals surface area contributed by atoms with Crippen molar-refractivity contribution in [3.63, 3.8) is 0 Å². The summed E-state index contributed by atoms with van der Waals surface area (Å²) in [5, 5.41) is 4.99. The van der Waals surface area contributed by atoms with E-state index in [4.69, 9.17) is 15.0 Å². The van der Waals surface area contributed by atoms with E-state index < -0.39 is 0 Å². The SMILES string of the molecule is c1ccc(-c2nc(-c3cc(-c4ccc5c(c4)sc4ccccc45)cc(-c4cccc5ccccc45)c3)nc(-c3ccccc3-c3ccccc3)n2)cc1. The summed E-state index contributed by atoms with van der Waals surface area (Å²) in [6, 6.07) is 66.4. The molecule has 0 amide bonds. The summed E-state index contributed by atoms with van der Waals surface area (Å²) in [7, 11) is 0. The molecule has 2 aromatic heterocycles. The highest BCUT2D eigenvalue weighted by Crippen LogP contribution is 2.40. The van der Waals surface area contributed by atoms with Gasteiger partial charge in [-0.1, -0.05) is 158 Å². The fourth-order valence-corrected chi connectivity index (χ4v) is 8.50. The fraction of sp³-hybridized carbons (Fsp3) is 0. The standard InChI is InChI=1S/C49H31N3S/c1-3-14-32(15-4-1)40-21-9-10-23-44(40)49-51-47(34-17-5-2-6-18-34)50-48(52-49)38-29-36(28-37(30-38)41-24-13-19-33-16-7-8-20-39(33)41)35-26-27-43-42-22-11-12-25-45(42)53-46(43)31-35/h1-31H. The fourth-order valence-electron chi connectivity index (χ4n) is 7.35. The van der Waals surface area contributed by atoms with Crippen LogP contribution in [-0.2, 0) is 0 Å². The van der Waals surface area contributed by atoms with Crippen LogP contribution in [-0.4, -0.2) is 15.0 Å². The Bertz CT molecular complexity index is 2940. The molecule has 0 spiro atoms. The predicted octanol–water partition coefficient (Wildman–Crippen LogP) is 13.4. The lowest BCUT2D eigenvalue weighted by molar-refractivity contribution is 1.07. The van der Waals surface area contributed by atoms with E-state index in [1.807, 2.05) is 35.6 Å². The number of aromatic nitrogens is 3. The summed E-state index contributed by atoms with van der Waals surface area (Å²) in [6.07, 6.45) is 0. The molecule has 4 heteroatoms. The molecule has 0 atom stereocenters. The maximum Gasteiger partial charge on any atom is 0.164 e. The van der Waals surface area contributed by atoms with Gasteiger partial charge in [-0.15, -0.1) is 11.3 Å². The zero-order valence-corrected chi connectivity index (χ0v) is 29.5. The van der Waals surface area contributed by atoms with E-state index >= 15 is 0 Å². The van der Waals surface area contributed by atoms with Gasteiger partial charge in [0.25, 0.3) is 0 Å². The summed E-state index contributed by atoms with van der Waals surface area (Å²) in [5.74, 6) is 1.90. The Hall–Kier alpha value is -6.75. The molecular weight excluding hydrogens is 663 g/mol. The van der Waals surface area contributed by atoms with Crippen LogP contribution in [0.5, 0.6) is 0 Å². The van der Waals surface area contributed by atoms with Gasteiger partial charge in [0.15, 0.2) is 17.5 Å². The minimum absolute atomic E-state index is 0.628. The molecule has 0 unspecified atom stereocenters. The van der Waals surface area contributed by atoms with Crippen LogP contribution < -0.4 is 0 Å². The van der Waals surface area contributed by atoms with E-state index in [1.165, 1.54) is 36.5 Å². The second kappa shape index (κ2) is 13.1. The Labute approximate surface area is 311 Å². The van der Waals surface area contributed by atoms with Crippen LogP contribution in [0.25, 0.3) is 98.5 Å². The average Bonchev–Trinajstić information content (AvgIpc) is 3.62. The number of benzene rings is 8. The van der Waals surface area contributed by atoms with Crippen molar-refractivity contribution in [3.05, 3.63) is 188 Å². The van der Waals surface area contributed by atoms with E-state index in [9.17, 15) is 0 Å². The van der Waals surface area contributed by atoms with Gasteiger partial charge < -0.3 is 0 Å². The van der Waals surface area contributed by atoms with Gasteiger partial charge in [0.2, 0.25) is 0 Å². The Morgan fingerprint density at radius 3 is 1.68 bits per heavy atom. The van der Waals surface area contributed by atoms with Crippen LogP contribution in [0.3, 0.4) is 0 Å². The summed E-state index contributed by atoms with van der Waals surface area (Å²) in [4.78, 5) is 15.6. The normalized spacial score (nSPS) is 11.4. The van der Waals surface area contributed by atoms with Crippen molar-refractivity contribution in [2.75, 3.05) is 0 Å². The van der Waals surface area contributed by atoms with Crippen molar-refractivity contribution in [2.45, 2.75) is 0 Å². The number of hydrogen-bond acceptors (Lipinski definition) is 4. The highest BCUT2D eigenvalue weighted by atomic mass is 32.1. The molecule has 10 rings (SSSR count). The molecule has 248 valence electrons. The lowest BCUT2D eigenvalue weighted by Gasteiger charge is -2.15. The van der Waals surface area contributed by atoms with Crippen molar-refractivity contribution < 1.29 is 0 Å². The van der Waals surface area contributed by atoms with E-state index in [0.717, 1.165) is 44.5 Å². The Balaban J connectivity index is 1.22. The first-order valence-electron chi connectivity index (χ1n) is 17.8. The van der Waals surface area contributed by atoms with Crippen LogP contribution in [0.4, 0.5) is 0 Å². The Morgan fingerprint density at radius 2 is 0.849 bits per heavy atom. The van der Waals surface area contributed by atoms with Crippen LogP contribution in [0.2, 0.25) is 0 Å². The van der Waals surface area contributed by atoms with E-state index in [1.54, 1.807) is 0 Å². The molecule has 10 aromatic rings. The number of rotatable bonds is 6. The van der Waals surface area contributed by atoms with Crippen molar-refractivity contribution in [2.24, 2.45) is 0 Å². The van der Waals surface area contributed by atoms with Crippen LogP contribution >= 0.6 is 11.3 Å². The maximum absolute atomic E-state index is 5.28. The molecule has 0 aliphatic carbocycles. The quantitative estimate of drug-likeness (QED) is 0.174. The van der Waals surface area contributed by atoms with E-state index in [0.29, 0.717) is 17.5 Å². The van der Waals surface area contributed by atoms with E-state index in [-0.39, 0.29) is 0 Å². The highest BCUT2D eigenvalue weighted by molar-refractivity contribution is 7.25. The van der Waals surface area contributed by atoms with Crippen molar-refractivity contribution in [1.29, 1.82) is 0 Å². The largest absolute Gasteiger partial charge is 0.208 e. The van der Waals surface area contributed by atoms with Crippen molar-refractivity contribution in [1.82, 2.24) is 15.0 Å². The van der Waals surface area contributed by atoms with Gasteiger partial charge in [0.1, 0.15) is 0 Å². The second-order valence-electron chi connectivity index (χ2n) is 13.2. The molecule has 0 bridgehead atoms. The van der Waals surface area contributed by atoms with Crippen molar-refractivity contribution in [3.8, 4) is 67.5 Å².